The zero-order valence-electron chi connectivity index (χ0n) is 8.08. The van der Waals surface area contributed by atoms with Gasteiger partial charge in [0.15, 0.2) is 5.13 Å². The molecule has 2 rings (SSSR count). The van der Waals surface area contributed by atoms with Crippen LogP contribution in [0.5, 0.6) is 0 Å². The van der Waals surface area contributed by atoms with Crippen LogP contribution in [0.2, 0.25) is 0 Å². The first kappa shape index (κ1) is 8.97. The minimum absolute atomic E-state index is 0.191. The smallest absolute Gasteiger partial charge is 0.185 e. The second-order valence-corrected chi connectivity index (χ2v) is 4.83. The highest BCUT2D eigenvalue weighted by atomic mass is 32.1. The molecule has 0 aliphatic carbocycles. The van der Waals surface area contributed by atoms with Crippen molar-refractivity contribution in [2.75, 3.05) is 24.5 Å². The Bertz CT molecular complexity index is 268. The molecule has 13 heavy (non-hydrogen) atoms. The van der Waals surface area contributed by atoms with Crippen molar-refractivity contribution in [3.05, 3.63) is 11.6 Å². The molecular formula is C9H15N3S. The Kier molecular flexibility index (Phi) is 2.26. The van der Waals surface area contributed by atoms with Crippen molar-refractivity contribution in [1.82, 2.24) is 10.3 Å². The minimum atomic E-state index is 0.191. The molecule has 0 unspecified atom stereocenters. The first-order valence-corrected chi connectivity index (χ1v) is 5.46. The van der Waals surface area contributed by atoms with Gasteiger partial charge in [0.2, 0.25) is 0 Å². The minimum Gasteiger partial charge on any atom is -0.340 e. The topological polar surface area (TPSA) is 28.2 Å². The molecule has 0 aromatic carbocycles. The second-order valence-electron chi connectivity index (χ2n) is 3.96. The van der Waals surface area contributed by atoms with Gasteiger partial charge in [0.25, 0.3) is 0 Å². The highest BCUT2D eigenvalue weighted by Crippen LogP contribution is 2.26. The molecule has 3 nitrogen and oxygen atoms in total. The van der Waals surface area contributed by atoms with Gasteiger partial charge in [-0.1, -0.05) is 0 Å². The molecule has 1 saturated heterocycles. The molecule has 0 amide bonds. The van der Waals surface area contributed by atoms with Crippen LogP contribution in [-0.4, -0.2) is 30.2 Å². The van der Waals surface area contributed by atoms with Gasteiger partial charge in [-0.15, -0.1) is 11.3 Å². The predicted molar refractivity (Wildman–Crippen MR) is 56.4 cm³/mol. The Balaban J connectivity index is 2.21. The fourth-order valence-electron chi connectivity index (χ4n) is 1.69. The fraction of sp³-hybridized carbons (Fsp3) is 0.667. The molecule has 0 spiro atoms. The number of nitrogens with one attached hydrogen (secondary N) is 1. The predicted octanol–water partition coefficient (Wildman–Crippen LogP) is 1.33. The SMILES string of the molecule is CC1(C)CNCCN1c1nccs1. The van der Waals surface area contributed by atoms with E-state index in [0.29, 0.717) is 0 Å². The molecule has 1 aromatic heterocycles. The van der Waals surface area contributed by atoms with Crippen molar-refractivity contribution >= 4 is 16.5 Å². The lowest BCUT2D eigenvalue weighted by molar-refractivity contribution is 0.380. The molecule has 0 atom stereocenters. The Labute approximate surface area is 82.8 Å². The summed E-state index contributed by atoms with van der Waals surface area (Å²) in [4.78, 5) is 6.74. The maximum Gasteiger partial charge on any atom is 0.185 e. The van der Waals surface area contributed by atoms with Crippen LogP contribution >= 0.6 is 11.3 Å². The van der Waals surface area contributed by atoms with Gasteiger partial charge in [-0.2, -0.15) is 0 Å². The third kappa shape index (κ3) is 1.69. The van der Waals surface area contributed by atoms with Crippen LogP contribution in [0.4, 0.5) is 5.13 Å². The third-order valence-electron chi connectivity index (χ3n) is 2.45. The normalized spacial score (nSPS) is 21.8. The Morgan fingerprint density at radius 1 is 1.62 bits per heavy atom. The van der Waals surface area contributed by atoms with Crippen LogP contribution < -0.4 is 10.2 Å². The van der Waals surface area contributed by atoms with E-state index in [1.165, 1.54) is 0 Å². The quantitative estimate of drug-likeness (QED) is 0.736. The number of hydrogen-bond donors (Lipinski definition) is 1. The summed E-state index contributed by atoms with van der Waals surface area (Å²) in [6, 6.07) is 0. The van der Waals surface area contributed by atoms with E-state index in [0.717, 1.165) is 24.8 Å². The lowest BCUT2D eigenvalue weighted by Gasteiger charge is -2.42. The summed E-state index contributed by atoms with van der Waals surface area (Å²) in [5.41, 5.74) is 0.191. The molecule has 2 heterocycles. The monoisotopic (exact) mass is 197 g/mol. The summed E-state index contributed by atoms with van der Waals surface area (Å²) in [7, 11) is 0. The summed E-state index contributed by atoms with van der Waals surface area (Å²) in [5, 5.41) is 6.58. The summed E-state index contributed by atoms with van der Waals surface area (Å²) >= 11 is 1.72. The van der Waals surface area contributed by atoms with E-state index in [-0.39, 0.29) is 5.54 Å². The van der Waals surface area contributed by atoms with Crippen molar-refractivity contribution < 1.29 is 0 Å². The highest BCUT2D eigenvalue weighted by Gasteiger charge is 2.30. The first-order chi connectivity index (χ1) is 6.20. The van der Waals surface area contributed by atoms with E-state index >= 15 is 0 Å². The zero-order chi connectivity index (χ0) is 9.31. The average Bonchev–Trinajstić information content (AvgIpc) is 2.55. The van der Waals surface area contributed by atoms with E-state index in [4.69, 9.17) is 0 Å². The molecule has 1 N–H and O–H groups in total. The van der Waals surface area contributed by atoms with E-state index < -0.39 is 0 Å². The third-order valence-corrected chi connectivity index (χ3v) is 3.25. The summed E-state index contributed by atoms with van der Waals surface area (Å²) in [6.07, 6.45) is 1.87. The number of rotatable bonds is 1. The van der Waals surface area contributed by atoms with Gasteiger partial charge >= 0.3 is 0 Å². The van der Waals surface area contributed by atoms with E-state index in [9.17, 15) is 0 Å². The van der Waals surface area contributed by atoms with Crippen molar-refractivity contribution in [2.24, 2.45) is 0 Å². The first-order valence-electron chi connectivity index (χ1n) is 4.58. The standard InChI is InChI=1S/C9H15N3S/c1-9(2)7-10-3-5-12(9)8-11-4-6-13-8/h4,6,10H,3,5,7H2,1-2H3. The molecule has 1 aromatic rings. The highest BCUT2D eigenvalue weighted by molar-refractivity contribution is 7.13. The molecular weight excluding hydrogens is 182 g/mol. The van der Waals surface area contributed by atoms with E-state index in [1.54, 1.807) is 11.3 Å². The summed E-state index contributed by atoms with van der Waals surface area (Å²) in [6.45, 7) is 7.65. The summed E-state index contributed by atoms with van der Waals surface area (Å²) in [5.74, 6) is 0. The van der Waals surface area contributed by atoms with Crippen LogP contribution in [0.3, 0.4) is 0 Å². The lowest BCUT2D eigenvalue weighted by Crippen LogP contribution is -2.58. The van der Waals surface area contributed by atoms with Gasteiger partial charge < -0.3 is 10.2 Å². The van der Waals surface area contributed by atoms with Crippen molar-refractivity contribution in [3.63, 3.8) is 0 Å². The Hall–Kier alpha value is -0.610. The van der Waals surface area contributed by atoms with Crippen LogP contribution in [-0.2, 0) is 0 Å². The van der Waals surface area contributed by atoms with Crippen LogP contribution in [0, 0.1) is 0 Å². The lowest BCUT2D eigenvalue weighted by atomic mass is 10.0. The maximum absolute atomic E-state index is 4.35. The molecule has 0 radical (unpaired) electrons. The molecule has 1 fully saturated rings. The van der Waals surface area contributed by atoms with Crippen molar-refractivity contribution in [1.29, 1.82) is 0 Å². The molecule has 4 heteroatoms. The number of anilines is 1. The van der Waals surface area contributed by atoms with Gasteiger partial charge in [-0.05, 0) is 13.8 Å². The molecule has 1 aliphatic rings. The molecule has 0 bridgehead atoms. The van der Waals surface area contributed by atoms with Gasteiger partial charge in [0.05, 0.1) is 0 Å². The van der Waals surface area contributed by atoms with Gasteiger partial charge in [-0.25, -0.2) is 4.98 Å². The van der Waals surface area contributed by atoms with Crippen LogP contribution in [0.25, 0.3) is 0 Å². The molecule has 1 aliphatic heterocycles. The zero-order valence-corrected chi connectivity index (χ0v) is 8.90. The maximum atomic E-state index is 4.35. The van der Waals surface area contributed by atoms with E-state index in [1.807, 2.05) is 11.6 Å². The molecule has 72 valence electrons. The van der Waals surface area contributed by atoms with Gasteiger partial charge in [0, 0.05) is 36.8 Å². The average molecular weight is 197 g/mol. The summed E-state index contributed by atoms with van der Waals surface area (Å²) < 4.78 is 0. The van der Waals surface area contributed by atoms with Crippen LogP contribution in [0.15, 0.2) is 11.6 Å². The molecule has 0 saturated carbocycles. The number of thiazole rings is 1. The number of piperazine rings is 1. The van der Waals surface area contributed by atoms with Gasteiger partial charge in [-0.3, -0.25) is 0 Å². The fourth-order valence-corrected chi connectivity index (χ4v) is 2.52. The van der Waals surface area contributed by atoms with Crippen molar-refractivity contribution in [2.45, 2.75) is 19.4 Å². The van der Waals surface area contributed by atoms with Crippen LogP contribution in [0.1, 0.15) is 13.8 Å². The number of nitrogens with zero attached hydrogens (tertiary/aromatic N) is 2. The second kappa shape index (κ2) is 3.27. The number of aromatic nitrogens is 1. The van der Waals surface area contributed by atoms with E-state index in [2.05, 4.69) is 29.0 Å². The Morgan fingerprint density at radius 2 is 2.46 bits per heavy atom. The van der Waals surface area contributed by atoms with Gasteiger partial charge in [0.1, 0.15) is 0 Å². The largest absolute Gasteiger partial charge is 0.340 e. The number of hydrogen-bond acceptors (Lipinski definition) is 4. The Morgan fingerprint density at radius 3 is 3.08 bits per heavy atom. The van der Waals surface area contributed by atoms with Crippen molar-refractivity contribution in [3.8, 4) is 0 Å².